The molecule has 1 aliphatic heterocycles. The van der Waals surface area contributed by atoms with Gasteiger partial charge in [-0.15, -0.1) is 0 Å². The maximum Gasteiger partial charge on any atom is 0.407 e. The lowest BCUT2D eigenvalue weighted by Crippen LogP contribution is -2.32. The predicted molar refractivity (Wildman–Crippen MR) is 155 cm³/mol. The number of alkyl carbamates (subject to hydrolysis) is 1. The van der Waals surface area contributed by atoms with Crippen molar-refractivity contribution in [1.29, 1.82) is 0 Å². The zero-order chi connectivity index (χ0) is 30.3. The highest BCUT2D eigenvalue weighted by Gasteiger charge is 2.19. The number of carbonyl (C=O) groups is 3. The number of para-hydroxylation sites is 1. The van der Waals surface area contributed by atoms with E-state index in [4.69, 9.17) is 14.2 Å². The number of amides is 2. The number of ether oxygens (including phenoxy) is 3. The van der Waals surface area contributed by atoms with Gasteiger partial charge in [0.25, 0.3) is 5.91 Å². The van der Waals surface area contributed by atoms with Gasteiger partial charge in [-0.3, -0.25) is 9.59 Å². The molecule has 1 fully saturated rings. The summed E-state index contributed by atoms with van der Waals surface area (Å²) >= 11 is 0. The van der Waals surface area contributed by atoms with Crippen LogP contribution >= 0.6 is 0 Å². The van der Waals surface area contributed by atoms with Crippen LogP contribution in [0.15, 0.2) is 60.7 Å². The molecule has 0 spiro atoms. The fourth-order valence-electron chi connectivity index (χ4n) is 4.51. The second-order valence-corrected chi connectivity index (χ2v) is 11.1. The van der Waals surface area contributed by atoms with Crippen LogP contribution in [0.3, 0.4) is 0 Å². The second-order valence-electron chi connectivity index (χ2n) is 11.1. The monoisotopic (exact) mass is 578 g/mol. The fraction of sp³-hybridized carbons (Fsp3) is 0.344. The van der Waals surface area contributed by atoms with Gasteiger partial charge in [0, 0.05) is 24.4 Å². The van der Waals surface area contributed by atoms with Crippen molar-refractivity contribution in [2.75, 3.05) is 18.5 Å². The summed E-state index contributed by atoms with van der Waals surface area (Å²) in [4.78, 5) is 36.8. The largest absolute Gasteiger partial charge is 0.491 e. The first-order valence-corrected chi connectivity index (χ1v) is 13.7. The van der Waals surface area contributed by atoms with Gasteiger partial charge >= 0.3 is 12.1 Å². The molecule has 9 nitrogen and oxygen atoms in total. The van der Waals surface area contributed by atoms with E-state index >= 15 is 0 Å². The first-order valence-electron chi connectivity index (χ1n) is 13.7. The number of carboxylic acid groups (broad SMARTS) is 1. The molecule has 1 atom stereocenters. The van der Waals surface area contributed by atoms with E-state index in [9.17, 15) is 23.9 Å². The van der Waals surface area contributed by atoms with E-state index in [1.165, 1.54) is 12.1 Å². The Morgan fingerprint density at radius 1 is 1.05 bits per heavy atom. The molecule has 1 aliphatic rings. The second kappa shape index (κ2) is 13.5. The number of halogens is 1. The molecule has 4 rings (SSSR count). The van der Waals surface area contributed by atoms with Gasteiger partial charge in [-0.1, -0.05) is 18.2 Å². The molecule has 3 aromatic carbocycles. The lowest BCUT2D eigenvalue weighted by atomic mass is 9.99. The van der Waals surface area contributed by atoms with E-state index < -0.39 is 29.4 Å². The Hall–Kier alpha value is -4.44. The summed E-state index contributed by atoms with van der Waals surface area (Å²) in [7, 11) is 0. The molecule has 1 unspecified atom stereocenters. The molecule has 42 heavy (non-hydrogen) atoms. The summed E-state index contributed by atoms with van der Waals surface area (Å²) in [6.07, 6.45) is 0.871. The summed E-state index contributed by atoms with van der Waals surface area (Å²) in [6.45, 7) is 6.24. The van der Waals surface area contributed by atoms with Gasteiger partial charge in [-0.25, -0.2) is 9.18 Å². The van der Waals surface area contributed by atoms with Gasteiger partial charge in [0.15, 0.2) is 0 Å². The molecule has 10 heteroatoms. The molecular weight excluding hydrogens is 543 g/mol. The third-order valence-electron chi connectivity index (χ3n) is 6.36. The van der Waals surface area contributed by atoms with Crippen molar-refractivity contribution in [3.05, 3.63) is 83.2 Å². The van der Waals surface area contributed by atoms with E-state index in [-0.39, 0.29) is 24.6 Å². The highest BCUT2D eigenvalue weighted by molar-refractivity contribution is 6.06. The number of carbonyl (C=O) groups excluding carboxylic acids is 2. The maximum atomic E-state index is 14.7. The maximum absolute atomic E-state index is 14.7. The Morgan fingerprint density at radius 3 is 2.52 bits per heavy atom. The average molecular weight is 579 g/mol. The molecule has 0 aromatic heterocycles. The molecular formula is C32H35FN2O7. The smallest absolute Gasteiger partial charge is 0.407 e. The minimum Gasteiger partial charge on any atom is -0.491 e. The van der Waals surface area contributed by atoms with Gasteiger partial charge < -0.3 is 30.0 Å². The van der Waals surface area contributed by atoms with E-state index in [0.29, 0.717) is 46.9 Å². The van der Waals surface area contributed by atoms with Crippen LogP contribution in [-0.2, 0) is 27.2 Å². The normalized spacial score (nSPS) is 14.7. The van der Waals surface area contributed by atoms with Crippen molar-refractivity contribution in [2.24, 2.45) is 0 Å². The first-order chi connectivity index (χ1) is 19.9. The number of nitrogens with one attached hydrogen (secondary N) is 2. The van der Waals surface area contributed by atoms with Crippen LogP contribution < -0.4 is 15.4 Å². The van der Waals surface area contributed by atoms with Crippen LogP contribution in [0.4, 0.5) is 14.9 Å². The Morgan fingerprint density at radius 2 is 1.81 bits per heavy atom. The van der Waals surface area contributed by atoms with Crippen molar-refractivity contribution >= 4 is 23.7 Å². The van der Waals surface area contributed by atoms with E-state index in [2.05, 4.69) is 10.6 Å². The molecule has 0 radical (unpaired) electrons. The third kappa shape index (κ3) is 9.04. The zero-order valence-corrected chi connectivity index (χ0v) is 23.9. The number of hydrogen-bond acceptors (Lipinski definition) is 6. The van der Waals surface area contributed by atoms with Crippen LogP contribution in [0, 0.1) is 5.82 Å². The molecule has 0 saturated carbocycles. The van der Waals surface area contributed by atoms with E-state index in [1.54, 1.807) is 69.3 Å². The molecule has 1 heterocycles. The number of aliphatic carboxylic acids is 1. The van der Waals surface area contributed by atoms with Crippen LogP contribution in [-0.4, -0.2) is 48.0 Å². The predicted octanol–water partition coefficient (Wildman–Crippen LogP) is 5.95. The van der Waals surface area contributed by atoms with Gasteiger partial charge in [-0.05, 0) is 98.3 Å². The number of anilines is 1. The Labute approximate surface area is 244 Å². The molecule has 3 N–H and O–H groups in total. The Balaban J connectivity index is 1.62. The SMILES string of the molecule is CC(C)(C)OC(=O)NCc1cc(F)cc(-c2cc(OCC3CCCO3)cc(C(=O)Nc3ccccc3CC(=O)O)c2)c1. The van der Waals surface area contributed by atoms with Gasteiger partial charge in [-0.2, -0.15) is 0 Å². The summed E-state index contributed by atoms with van der Waals surface area (Å²) in [5.74, 6) is -1.64. The quantitative estimate of drug-likeness (QED) is 0.271. The summed E-state index contributed by atoms with van der Waals surface area (Å²) in [5.41, 5.74) is 1.87. The minimum atomic E-state index is -1.02. The minimum absolute atomic E-state index is 0.0303. The van der Waals surface area contributed by atoms with E-state index in [1.807, 2.05) is 0 Å². The Bertz CT molecular complexity index is 1450. The van der Waals surface area contributed by atoms with Crippen LogP contribution in [0.2, 0.25) is 0 Å². The molecule has 0 bridgehead atoms. The highest BCUT2D eigenvalue weighted by Crippen LogP contribution is 2.29. The van der Waals surface area contributed by atoms with Crippen LogP contribution in [0.25, 0.3) is 11.1 Å². The lowest BCUT2D eigenvalue weighted by molar-refractivity contribution is -0.136. The number of carboxylic acids is 1. The highest BCUT2D eigenvalue weighted by atomic mass is 19.1. The van der Waals surface area contributed by atoms with Crippen molar-refractivity contribution in [1.82, 2.24) is 5.32 Å². The van der Waals surface area contributed by atoms with E-state index in [0.717, 1.165) is 12.8 Å². The average Bonchev–Trinajstić information content (AvgIpc) is 3.44. The standard InChI is InChI=1S/C32H35FN2O7/c1-32(2,3)42-31(39)34-18-20-11-22(14-25(33)12-20)23-13-24(16-27(15-23)41-19-26-8-6-10-40-26)30(38)35-28-9-5-4-7-21(28)17-29(36)37/h4-5,7,9,11-16,26H,6,8,10,17-19H2,1-3H3,(H,34,39)(H,35,38)(H,36,37). The van der Waals surface area contributed by atoms with Crippen LogP contribution in [0.1, 0.15) is 55.1 Å². The molecule has 222 valence electrons. The van der Waals surface area contributed by atoms with Crippen molar-refractivity contribution < 1.29 is 38.1 Å². The van der Waals surface area contributed by atoms with Crippen LogP contribution in [0.5, 0.6) is 5.75 Å². The first kappa shape index (κ1) is 30.5. The van der Waals surface area contributed by atoms with Gasteiger partial charge in [0.1, 0.15) is 23.8 Å². The molecule has 0 aliphatic carbocycles. The van der Waals surface area contributed by atoms with Gasteiger partial charge in [0.2, 0.25) is 0 Å². The third-order valence-corrected chi connectivity index (χ3v) is 6.36. The number of hydrogen-bond donors (Lipinski definition) is 3. The van der Waals surface area contributed by atoms with Crippen molar-refractivity contribution in [3.63, 3.8) is 0 Å². The number of benzene rings is 3. The molecule has 3 aromatic rings. The zero-order valence-electron chi connectivity index (χ0n) is 23.9. The topological polar surface area (TPSA) is 123 Å². The van der Waals surface area contributed by atoms with Gasteiger partial charge in [0.05, 0.1) is 12.5 Å². The Kier molecular flexibility index (Phi) is 9.80. The summed E-state index contributed by atoms with van der Waals surface area (Å²) < 4.78 is 31.7. The number of rotatable bonds is 10. The summed E-state index contributed by atoms with van der Waals surface area (Å²) in [6, 6.07) is 15.9. The summed E-state index contributed by atoms with van der Waals surface area (Å²) in [5, 5.41) is 14.7. The lowest BCUT2D eigenvalue weighted by Gasteiger charge is -2.19. The fourth-order valence-corrected chi connectivity index (χ4v) is 4.51. The molecule has 2 amide bonds. The van der Waals surface area contributed by atoms with Crippen molar-refractivity contribution in [2.45, 2.75) is 58.3 Å². The molecule has 1 saturated heterocycles. The van der Waals surface area contributed by atoms with Crippen molar-refractivity contribution in [3.8, 4) is 16.9 Å².